The Balaban J connectivity index is 2.07. The molecule has 108 valence electrons. The van der Waals surface area contributed by atoms with Crippen LogP contribution in [0.4, 0.5) is 0 Å². The molecule has 0 saturated carbocycles. The lowest BCUT2D eigenvalue weighted by molar-refractivity contribution is 0.522. The molecule has 0 bridgehead atoms. The Morgan fingerprint density at radius 1 is 0.737 bits per heavy atom. The van der Waals surface area contributed by atoms with E-state index >= 15 is 0 Å². The van der Waals surface area contributed by atoms with E-state index in [1.54, 1.807) is 0 Å². The van der Waals surface area contributed by atoms with Gasteiger partial charge in [0.25, 0.3) is 0 Å². The highest BCUT2D eigenvalue weighted by molar-refractivity contribution is 5.19. The zero-order chi connectivity index (χ0) is 13.8. The molecule has 19 heavy (non-hydrogen) atoms. The third kappa shape index (κ3) is 7.40. The molecular formula is C19H32. The standard InChI is InChI=1S/C19H32/c1-3-5-6-7-8-9-10-12-15-18(4-2)19-16-13-11-14-17-19/h11,13-14,16-18H,3-10,12,15H2,1-2H3. The van der Waals surface area contributed by atoms with Crippen LogP contribution in [0.15, 0.2) is 30.3 Å². The molecule has 1 aromatic rings. The highest BCUT2D eigenvalue weighted by Crippen LogP contribution is 2.25. The average molecular weight is 260 g/mol. The minimum absolute atomic E-state index is 0.779. The van der Waals surface area contributed by atoms with Crippen molar-refractivity contribution >= 4 is 0 Å². The Morgan fingerprint density at radius 3 is 1.89 bits per heavy atom. The first-order chi connectivity index (χ1) is 9.38. The van der Waals surface area contributed by atoms with Crippen molar-refractivity contribution in [3.8, 4) is 0 Å². The summed E-state index contributed by atoms with van der Waals surface area (Å²) in [7, 11) is 0. The number of hydrogen-bond acceptors (Lipinski definition) is 0. The van der Waals surface area contributed by atoms with Crippen LogP contribution < -0.4 is 0 Å². The summed E-state index contributed by atoms with van der Waals surface area (Å²) in [6.07, 6.45) is 14.0. The van der Waals surface area contributed by atoms with Crippen molar-refractivity contribution in [2.45, 2.75) is 84.0 Å². The van der Waals surface area contributed by atoms with Crippen LogP contribution >= 0.6 is 0 Å². The van der Waals surface area contributed by atoms with Gasteiger partial charge in [0.2, 0.25) is 0 Å². The SMILES string of the molecule is CCCCCCCCCCC(CC)c1ccccc1. The van der Waals surface area contributed by atoms with Gasteiger partial charge in [-0.3, -0.25) is 0 Å². The smallest absolute Gasteiger partial charge is 0.0165 e. The van der Waals surface area contributed by atoms with Crippen molar-refractivity contribution in [1.29, 1.82) is 0 Å². The molecule has 0 nitrogen and oxygen atoms in total. The van der Waals surface area contributed by atoms with E-state index in [1.807, 2.05) is 0 Å². The predicted molar refractivity (Wildman–Crippen MR) is 86.7 cm³/mol. The van der Waals surface area contributed by atoms with Crippen LogP contribution in [0.25, 0.3) is 0 Å². The molecule has 0 aliphatic rings. The van der Waals surface area contributed by atoms with Gasteiger partial charge in [-0.1, -0.05) is 95.5 Å². The van der Waals surface area contributed by atoms with E-state index in [0.717, 1.165) is 5.92 Å². The second-order valence-electron chi connectivity index (χ2n) is 5.78. The highest BCUT2D eigenvalue weighted by Gasteiger charge is 2.07. The van der Waals surface area contributed by atoms with E-state index in [1.165, 1.54) is 69.8 Å². The molecule has 1 aromatic carbocycles. The second-order valence-corrected chi connectivity index (χ2v) is 5.78. The minimum atomic E-state index is 0.779. The highest BCUT2D eigenvalue weighted by atomic mass is 14.1. The monoisotopic (exact) mass is 260 g/mol. The summed E-state index contributed by atoms with van der Waals surface area (Å²) in [6.45, 7) is 4.61. The molecular weight excluding hydrogens is 228 g/mol. The van der Waals surface area contributed by atoms with E-state index in [0.29, 0.717) is 0 Å². The van der Waals surface area contributed by atoms with Crippen LogP contribution in [0.5, 0.6) is 0 Å². The number of benzene rings is 1. The number of rotatable bonds is 11. The van der Waals surface area contributed by atoms with Crippen LogP contribution in [-0.2, 0) is 0 Å². The molecule has 0 heterocycles. The molecule has 0 aliphatic heterocycles. The van der Waals surface area contributed by atoms with E-state index in [-0.39, 0.29) is 0 Å². The molecule has 0 aromatic heterocycles. The van der Waals surface area contributed by atoms with Gasteiger partial charge < -0.3 is 0 Å². The van der Waals surface area contributed by atoms with Crippen LogP contribution in [0.3, 0.4) is 0 Å². The lowest BCUT2D eigenvalue weighted by Crippen LogP contribution is -1.97. The van der Waals surface area contributed by atoms with Gasteiger partial charge in [0.1, 0.15) is 0 Å². The van der Waals surface area contributed by atoms with E-state index in [2.05, 4.69) is 44.2 Å². The fourth-order valence-electron chi connectivity index (χ4n) is 2.86. The minimum Gasteiger partial charge on any atom is -0.0654 e. The molecule has 1 unspecified atom stereocenters. The largest absolute Gasteiger partial charge is 0.0654 e. The number of hydrogen-bond donors (Lipinski definition) is 0. The third-order valence-corrected chi connectivity index (χ3v) is 4.17. The molecule has 0 radical (unpaired) electrons. The quantitative estimate of drug-likeness (QED) is 0.388. The lowest BCUT2D eigenvalue weighted by Gasteiger charge is -2.15. The molecule has 0 saturated heterocycles. The van der Waals surface area contributed by atoms with Gasteiger partial charge in [-0.15, -0.1) is 0 Å². The molecule has 1 atom stereocenters. The van der Waals surface area contributed by atoms with Crippen molar-refractivity contribution in [2.24, 2.45) is 0 Å². The summed E-state index contributed by atoms with van der Waals surface area (Å²) in [5, 5.41) is 0. The van der Waals surface area contributed by atoms with Crippen molar-refractivity contribution in [1.82, 2.24) is 0 Å². The molecule has 0 N–H and O–H groups in total. The van der Waals surface area contributed by atoms with E-state index < -0.39 is 0 Å². The Labute approximate surface area is 120 Å². The maximum atomic E-state index is 2.32. The first-order valence-corrected chi connectivity index (χ1v) is 8.43. The zero-order valence-electron chi connectivity index (χ0n) is 13.0. The average Bonchev–Trinajstić information content (AvgIpc) is 2.47. The summed E-state index contributed by atoms with van der Waals surface area (Å²) < 4.78 is 0. The molecule has 0 aliphatic carbocycles. The predicted octanol–water partition coefficient (Wildman–Crippen LogP) is 6.71. The van der Waals surface area contributed by atoms with Crippen molar-refractivity contribution in [3.63, 3.8) is 0 Å². The second kappa shape index (κ2) is 11.1. The Kier molecular flexibility index (Phi) is 9.49. The zero-order valence-corrected chi connectivity index (χ0v) is 13.0. The fraction of sp³-hybridized carbons (Fsp3) is 0.684. The van der Waals surface area contributed by atoms with Crippen molar-refractivity contribution in [3.05, 3.63) is 35.9 Å². The topological polar surface area (TPSA) is 0 Å². The van der Waals surface area contributed by atoms with E-state index in [9.17, 15) is 0 Å². The van der Waals surface area contributed by atoms with Crippen LogP contribution in [0.1, 0.15) is 89.5 Å². The van der Waals surface area contributed by atoms with Gasteiger partial charge in [-0.05, 0) is 24.3 Å². The summed E-state index contributed by atoms with van der Waals surface area (Å²) in [4.78, 5) is 0. The normalized spacial score (nSPS) is 12.5. The molecule has 1 rings (SSSR count). The van der Waals surface area contributed by atoms with E-state index in [4.69, 9.17) is 0 Å². The molecule has 0 spiro atoms. The summed E-state index contributed by atoms with van der Waals surface area (Å²) in [5.41, 5.74) is 1.54. The van der Waals surface area contributed by atoms with Crippen LogP contribution in [0, 0.1) is 0 Å². The first kappa shape index (κ1) is 16.3. The van der Waals surface area contributed by atoms with Crippen molar-refractivity contribution in [2.75, 3.05) is 0 Å². The summed E-state index contributed by atoms with van der Waals surface area (Å²) in [5.74, 6) is 0.779. The Hall–Kier alpha value is -0.780. The summed E-state index contributed by atoms with van der Waals surface area (Å²) in [6, 6.07) is 11.0. The Bertz CT molecular complexity index is 288. The first-order valence-electron chi connectivity index (χ1n) is 8.43. The van der Waals surface area contributed by atoms with Gasteiger partial charge in [0.15, 0.2) is 0 Å². The third-order valence-electron chi connectivity index (χ3n) is 4.17. The van der Waals surface area contributed by atoms with Gasteiger partial charge in [-0.2, -0.15) is 0 Å². The van der Waals surface area contributed by atoms with Gasteiger partial charge in [-0.25, -0.2) is 0 Å². The number of unbranched alkanes of at least 4 members (excludes halogenated alkanes) is 7. The van der Waals surface area contributed by atoms with Gasteiger partial charge in [0, 0.05) is 0 Å². The van der Waals surface area contributed by atoms with Gasteiger partial charge >= 0.3 is 0 Å². The fourth-order valence-corrected chi connectivity index (χ4v) is 2.86. The van der Waals surface area contributed by atoms with Crippen LogP contribution in [-0.4, -0.2) is 0 Å². The molecule has 0 amide bonds. The van der Waals surface area contributed by atoms with Crippen molar-refractivity contribution < 1.29 is 0 Å². The Morgan fingerprint density at radius 2 is 1.32 bits per heavy atom. The lowest BCUT2D eigenvalue weighted by atomic mass is 9.91. The maximum Gasteiger partial charge on any atom is -0.0165 e. The van der Waals surface area contributed by atoms with Crippen LogP contribution in [0.2, 0.25) is 0 Å². The molecule has 0 fully saturated rings. The summed E-state index contributed by atoms with van der Waals surface area (Å²) >= 11 is 0. The maximum absolute atomic E-state index is 2.32. The van der Waals surface area contributed by atoms with Gasteiger partial charge in [0.05, 0.1) is 0 Å². The molecule has 0 heteroatoms.